The van der Waals surface area contributed by atoms with Gasteiger partial charge in [-0.2, -0.15) is 43.9 Å². The zero-order valence-corrected chi connectivity index (χ0v) is 8.25. The highest BCUT2D eigenvalue weighted by atomic mass is 19.4. The molecule has 0 saturated carbocycles. The molecule has 0 aromatic heterocycles. The van der Waals surface area contributed by atoms with Gasteiger partial charge in [0.25, 0.3) is 0 Å². The Morgan fingerprint density at radius 3 is 0.889 bits per heavy atom. The normalized spacial score (nSPS) is 14.3. The Morgan fingerprint density at radius 1 is 0.722 bits per heavy atom. The van der Waals surface area contributed by atoms with Crippen LogP contribution in [0.2, 0.25) is 0 Å². The molecule has 0 saturated heterocycles. The van der Waals surface area contributed by atoms with Gasteiger partial charge in [-0.15, -0.1) is 0 Å². The second-order valence-electron chi connectivity index (χ2n) is 2.92. The molecule has 0 atom stereocenters. The lowest BCUT2D eigenvalue weighted by atomic mass is 10.3. The summed E-state index contributed by atoms with van der Waals surface area (Å²) in [4.78, 5) is 0. The Bertz CT molecular complexity index is 217. The minimum Gasteiger partial charge on any atom is -0.377 e. The predicted molar refractivity (Wildman–Crippen MR) is 35.9 cm³/mol. The van der Waals surface area contributed by atoms with Gasteiger partial charge in [-0.1, -0.05) is 0 Å². The minimum absolute atomic E-state index is 0.0625. The van der Waals surface area contributed by atoms with Gasteiger partial charge < -0.3 is 10.2 Å². The maximum absolute atomic E-state index is 11.2. The van der Waals surface area contributed by atoms with Crippen molar-refractivity contribution in [2.45, 2.75) is 37.4 Å². The number of aliphatic hydroxyl groups excluding tert-OH is 1. The van der Waals surface area contributed by atoms with Gasteiger partial charge in [-0.3, -0.25) is 0 Å². The van der Waals surface area contributed by atoms with Gasteiger partial charge in [0.05, 0.1) is 0 Å². The first-order valence-corrected chi connectivity index (χ1v) is 3.70. The van der Waals surface area contributed by atoms with Crippen LogP contribution >= 0.6 is 0 Å². The molecule has 0 heterocycles. The lowest BCUT2D eigenvalue weighted by Gasteiger charge is -2.16. The van der Waals surface area contributed by atoms with Crippen LogP contribution in [0.15, 0.2) is 0 Å². The van der Waals surface area contributed by atoms with E-state index >= 15 is 0 Å². The van der Waals surface area contributed by atoms with Crippen molar-refractivity contribution >= 4 is 0 Å². The largest absolute Gasteiger partial charge is 0.423 e. The van der Waals surface area contributed by atoms with Crippen LogP contribution in [-0.2, 0) is 0 Å². The molecule has 112 valence electrons. The van der Waals surface area contributed by atoms with Crippen LogP contribution in [0.3, 0.4) is 0 Å². The molecular formula is C6H6F10O2. The van der Waals surface area contributed by atoms with E-state index in [-0.39, 0.29) is 6.92 Å². The number of aliphatic hydroxyl groups is 2. The van der Waals surface area contributed by atoms with E-state index < -0.39 is 30.5 Å². The Hall–Kier alpha value is -0.780. The van der Waals surface area contributed by atoms with E-state index in [9.17, 15) is 43.9 Å². The first kappa shape index (κ1) is 19.6. The second kappa shape index (κ2) is 5.47. The lowest BCUT2D eigenvalue weighted by molar-refractivity contribution is -0.318. The van der Waals surface area contributed by atoms with Crippen molar-refractivity contribution < 1.29 is 54.1 Å². The van der Waals surface area contributed by atoms with Crippen molar-refractivity contribution in [2.24, 2.45) is 0 Å². The van der Waals surface area contributed by atoms with Crippen LogP contribution in [0, 0.1) is 0 Å². The average Bonchev–Trinajstić information content (AvgIpc) is 1.96. The SMILES string of the molecule is CC(F)(F)C(O)(F)F.OC(C(F)(F)F)C(F)(F)F. The van der Waals surface area contributed by atoms with Crippen LogP contribution in [0.25, 0.3) is 0 Å². The zero-order valence-electron chi connectivity index (χ0n) is 8.25. The maximum Gasteiger partial charge on any atom is 0.423 e. The van der Waals surface area contributed by atoms with Crippen LogP contribution in [0.5, 0.6) is 0 Å². The molecule has 0 aliphatic carbocycles. The summed E-state index contributed by atoms with van der Waals surface area (Å²) in [6.07, 6.45) is -20.4. The van der Waals surface area contributed by atoms with Crippen LogP contribution in [0.1, 0.15) is 6.92 Å². The molecule has 0 radical (unpaired) electrons. The van der Waals surface area contributed by atoms with Gasteiger partial charge in [-0.05, 0) is 0 Å². The third kappa shape index (κ3) is 7.53. The van der Waals surface area contributed by atoms with Crippen molar-refractivity contribution in [3.05, 3.63) is 0 Å². The molecule has 2 nitrogen and oxygen atoms in total. The van der Waals surface area contributed by atoms with Gasteiger partial charge in [0.1, 0.15) is 0 Å². The predicted octanol–water partition coefficient (Wildman–Crippen LogP) is 2.70. The molecule has 0 spiro atoms. The highest BCUT2D eigenvalue weighted by Gasteiger charge is 2.55. The number of hydrogen-bond donors (Lipinski definition) is 2. The summed E-state index contributed by atoms with van der Waals surface area (Å²) >= 11 is 0. The number of rotatable bonds is 1. The van der Waals surface area contributed by atoms with Gasteiger partial charge in [0.15, 0.2) is 0 Å². The van der Waals surface area contributed by atoms with Crippen molar-refractivity contribution in [3.63, 3.8) is 0 Å². The number of hydrogen-bond acceptors (Lipinski definition) is 2. The number of halogens is 10. The summed E-state index contributed by atoms with van der Waals surface area (Å²) in [6, 6.07) is 0. The molecule has 0 aliphatic rings. The first-order chi connectivity index (χ1) is 7.40. The average molecular weight is 300 g/mol. The maximum atomic E-state index is 11.2. The molecule has 0 rings (SSSR count). The van der Waals surface area contributed by atoms with E-state index in [0.717, 1.165) is 0 Å². The molecule has 0 bridgehead atoms. The Kier molecular flexibility index (Phi) is 5.94. The third-order valence-electron chi connectivity index (χ3n) is 1.15. The third-order valence-corrected chi connectivity index (χ3v) is 1.15. The summed E-state index contributed by atoms with van der Waals surface area (Å²) in [7, 11) is 0. The minimum atomic E-state index is -5.63. The van der Waals surface area contributed by atoms with Crippen LogP contribution < -0.4 is 0 Å². The molecule has 12 heteroatoms. The topological polar surface area (TPSA) is 40.5 Å². The number of alkyl halides is 10. The molecule has 0 aromatic rings. The standard InChI is InChI=1S/C3H2F6O.C3H4F4O/c4-2(5,6)1(10)3(7,8)9;1-2(4,5)3(6,7)8/h1,10H;8H,1H3. The van der Waals surface area contributed by atoms with Crippen molar-refractivity contribution in [2.75, 3.05) is 0 Å². The highest BCUT2D eigenvalue weighted by molar-refractivity contribution is 4.72. The smallest absolute Gasteiger partial charge is 0.377 e. The second-order valence-corrected chi connectivity index (χ2v) is 2.92. The van der Waals surface area contributed by atoms with Gasteiger partial charge in [0, 0.05) is 6.92 Å². The van der Waals surface area contributed by atoms with Gasteiger partial charge in [0.2, 0.25) is 6.10 Å². The van der Waals surface area contributed by atoms with Crippen LogP contribution in [0.4, 0.5) is 43.9 Å². The van der Waals surface area contributed by atoms with Gasteiger partial charge >= 0.3 is 24.4 Å². The van der Waals surface area contributed by atoms with Gasteiger partial charge in [-0.25, -0.2) is 0 Å². The Morgan fingerprint density at radius 2 is 0.889 bits per heavy atom. The van der Waals surface area contributed by atoms with E-state index in [1.807, 2.05) is 0 Å². The highest BCUT2D eigenvalue weighted by Crippen LogP contribution is 2.32. The van der Waals surface area contributed by atoms with Crippen molar-refractivity contribution in [1.82, 2.24) is 0 Å². The molecule has 0 amide bonds. The quantitative estimate of drug-likeness (QED) is 0.731. The zero-order chi connectivity index (χ0) is 15.6. The molecule has 0 unspecified atom stereocenters. The van der Waals surface area contributed by atoms with Crippen molar-refractivity contribution in [3.8, 4) is 0 Å². The van der Waals surface area contributed by atoms with Crippen LogP contribution in [-0.4, -0.2) is 40.7 Å². The van der Waals surface area contributed by atoms with E-state index in [4.69, 9.17) is 10.2 Å². The Labute approximate surface area is 92.8 Å². The summed E-state index contributed by atoms with van der Waals surface area (Å²) in [5, 5.41) is 14.7. The molecule has 0 aromatic carbocycles. The van der Waals surface area contributed by atoms with Crippen molar-refractivity contribution in [1.29, 1.82) is 0 Å². The molecule has 0 fully saturated rings. The fourth-order valence-corrected chi connectivity index (χ4v) is 0.186. The first-order valence-electron chi connectivity index (χ1n) is 3.70. The van der Waals surface area contributed by atoms with E-state index in [2.05, 4.69) is 0 Å². The van der Waals surface area contributed by atoms with E-state index in [0.29, 0.717) is 0 Å². The lowest BCUT2D eigenvalue weighted by Crippen LogP contribution is -2.41. The molecular weight excluding hydrogens is 294 g/mol. The fourth-order valence-electron chi connectivity index (χ4n) is 0.186. The fraction of sp³-hybridized carbons (Fsp3) is 1.00. The monoisotopic (exact) mass is 300 g/mol. The molecule has 18 heavy (non-hydrogen) atoms. The summed E-state index contributed by atoms with van der Waals surface area (Å²) in [6.45, 7) is -0.0625. The van der Waals surface area contributed by atoms with E-state index in [1.165, 1.54) is 0 Å². The summed E-state index contributed by atoms with van der Waals surface area (Å²) in [5.41, 5.74) is 0. The summed E-state index contributed by atoms with van der Waals surface area (Å²) < 4.78 is 110. The molecule has 0 aliphatic heterocycles. The Balaban J connectivity index is 0. The summed E-state index contributed by atoms with van der Waals surface area (Å²) in [5.74, 6) is -4.34. The van der Waals surface area contributed by atoms with E-state index in [1.54, 1.807) is 0 Å². The molecule has 2 N–H and O–H groups in total.